The van der Waals surface area contributed by atoms with Gasteiger partial charge in [0.2, 0.25) is 5.91 Å². The third-order valence-electron chi connectivity index (χ3n) is 5.39. The van der Waals surface area contributed by atoms with Crippen molar-refractivity contribution in [3.63, 3.8) is 0 Å². The fourth-order valence-electron chi connectivity index (χ4n) is 4.03. The van der Waals surface area contributed by atoms with E-state index in [1.165, 1.54) is 5.56 Å². The summed E-state index contributed by atoms with van der Waals surface area (Å²) in [6.07, 6.45) is 6.35. The fraction of sp³-hybridized carbons (Fsp3) is 0.600. The predicted molar refractivity (Wildman–Crippen MR) is 94.2 cm³/mol. The lowest BCUT2D eigenvalue weighted by Crippen LogP contribution is -2.44. The summed E-state index contributed by atoms with van der Waals surface area (Å²) in [6, 6.07) is 7.80. The van der Waals surface area contributed by atoms with Gasteiger partial charge in [-0.15, -0.1) is 0 Å². The first-order chi connectivity index (χ1) is 12.1. The van der Waals surface area contributed by atoms with Gasteiger partial charge in [0.1, 0.15) is 0 Å². The first-order valence-electron chi connectivity index (χ1n) is 9.36. The molecular formula is C20H27NO4. The lowest BCUT2D eigenvalue weighted by molar-refractivity contribution is -0.143. The molecule has 3 unspecified atom stereocenters. The Kier molecular flexibility index (Phi) is 6.08. The Bertz CT molecular complexity index is 615. The highest BCUT2D eigenvalue weighted by Crippen LogP contribution is 2.30. The molecule has 1 amide bonds. The Balaban J connectivity index is 1.64. The molecule has 1 heterocycles. The zero-order valence-electron chi connectivity index (χ0n) is 14.6. The van der Waals surface area contributed by atoms with Crippen LogP contribution < -0.4 is 5.32 Å². The minimum atomic E-state index is -0.800. The van der Waals surface area contributed by atoms with Crippen LogP contribution in [0.5, 0.6) is 0 Å². The first kappa shape index (κ1) is 17.9. The van der Waals surface area contributed by atoms with Crippen molar-refractivity contribution in [1.82, 2.24) is 5.32 Å². The number of hydrogen-bond donors (Lipinski definition) is 2. The molecule has 0 aromatic heterocycles. The summed E-state index contributed by atoms with van der Waals surface area (Å²) in [5.41, 5.74) is 2.32. The van der Waals surface area contributed by atoms with Gasteiger partial charge in [-0.2, -0.15) is 0 Å². The van der Waals surface area contributed by atoms with E-state index in [0.717, 1.165) is 44.1 Å². The molecule has 1 aromatic carbocycles. The minimum Gasteiger partial charge on any atom is -0.481 e. The molecule has 1 fully saturated rings. The average Bonchev–Trinajstić information content (AvgIpc) is 2.57. The highest BCUT2D eigenvalue weighted by atomic mass is 16.5. The lowest BCUT2D eigenvalue weighted by atomic mass is 9.86. The standard InChI is InChI=1S/C20H27NO4/c22-19(13-18-15-8-6-5-7-14(15)11-12-25-18)21-17-10-4-2-1-3-9-16(17)20(23)24/h5-8,16-18H,1-4,9-13H2,(H,21,22)(H,23,24). The topological polar surface area (TPSA) is 75.6 Å². The number of carbonyl (C=O) groups is 2. The largest absolute Gasteiger partial charge is 0.481 e. The molecule has 2 N–H and O–H groups in total. The van der Waals surface area contributed by atoms with E-state index >= 15 is 0 Å². The second-order valence-corrected chi connectivity index (χ2v) is 7.12. The molecule has 5 heteroatoms. The molecule has 1 aliphatic heterocycles. The summed E-state index contributed by atoms with van der Waals surface area (Å²) in [7, 11) is 0. The summed E-state index contributed by atoms with van der Waals surface area (Å²) in [4.78, 5) is 24.2. The van der Waals surface area contributed by atoms with E-state index in [1.54, 1.807) is 0 Å². The maximum Gasteiger partial charge on any atom is 0.308 e. The second-order valence-electron chi connectivity index (χ2n) is 7.12. The van der Waals surface area contributed by atoms with Crippen LogP contribution in [-0.4, -0.2) is 29.6 Å². The summed E-state index contributed by atoms with van der Waals surface area (Å²) in [5.74, 6) is -1.39. The van der Waals surface area contributed by atoms with Crippen LogP contribution in [0.1, 0.15) is 62.2 Å². The zero-order chi connectivity index (χ0) is 17.6. The number of aliphatic carboxylic acids is 1. The van der Waals surface area contributed by atoms with Crippen molar-refractivity contribution >= 4 is 11.9 Å². The number of amides is 1. The smallest absolute Gasteiger partial charge is 0.308 e. The Labute approximate surface area is 148 Å². The van der Waals surface area contributed by atoms with Crippen LogP contribution in [0, 0.1) is 5.92 Å². The number of carbonyl (C=O) groups excluding carboxylic acids is 1. The van der Waals surface area contributed by atoms with E-state index < -0.39 is 11.9 Å². The lowest BCUT2D eigenvalue weighted by Gasteiger charge is -2.29. The van der Waals surface area contributed by atoms with E-state index in [4.69, 9.17) is 4.74 Å². The third kappa shape index (κ3) is 4.60. The summed E-state index contributed by atoms with van der Waals surface area (Å²) >= 11 is 0. The zero-order valence-corrected chi connectivity index (χ0v) is 14.6. The second kappa shape index (κ2) is 8.48. The van der Waals surface area contributed by atoms with Crippen LogP contribution >= 0.6 is 0 Å². The van der Waals surface area contributed by atoms with Crippen LogP contribution in [-0.2, 0) is 20.7 Å². The van der Waals surface area contributed by atoms with Crippen molar-refractivity contribution in [1.29, 1.82) is 0 Å². The highest BCUT2D eigenvalue weighted by molar-refractivity contribution is 5.78. The molecule has 0 saturated heterocycles. The monoisotopic (exact) mass is 345 g/mol. The normalized spacial score (nSPS) is 26.8. The van der Waals surface area contributed by atoms with Crippen LogP contribution in [0.15, 0.2) is 24.3 Å². The number of ether oxygens (including phenoxy) is 1. The number of hydrogen-bond acceptors (Lipinski definition) is 3. The number of rotatable bonds is 4. The van der Waals surface area contributed by atoms with Crippen molar-refractivity contribution < 1.29 is 19.4 Å². The fourth-order valence-corrected chi connectivity index (χ4v) is 4.03. The molecule has 3 rings (SSSR count). The molecule has 136 valence electrons. The number of benzene rings is 1. The van der Waals surface area contributed by atoms with E-state index in [1.807, 2.05) is 18.2 Å². The van der Waals surface area contributed by atoms with Crippen LogP contribution in [0.2, 0.25) is 0 Å². The number of carboxylic acid groups (broad SMARTS) is 1. The van der Waals surface area contributed by atoms with E-state index in [-0.39, 0.29) is 24.5 Å². The first-order valence-corrected chi connectivity index (χ1v) is 9.36. The molecule has 1 aliphatic carbocycles. The maximum atomic E-state index is 12.6. The van der Waals surface area contributed by atoms with E-state index in [9.17, 15) is 14.7 Å². The number of carboxylic acids is 1. The van der Waals surface area contributed by atoms with Gasteiger partial charge < -0.3 is 15.2 Å². The van der Waals surface area contributed by atoms with Gasteiger partial charge in [0, 0.05) is 6.04 Å². The van der Waals surface area contributed by atoms with E-state index in [2.05, 4.69) is 11.4 Å². The summed E-state index contributed by atoms with van der Waals surface area (Å²) in [6.45, 7) is 0.621. The molecule has 5 nitrogen and oxygen atoms in total. The molecular weight excluding hydrogens is 318 g/mol. The van der Waals surface area contributed by atoms with Crippen molar-refractivity contribution in [3.8, 4) is 0 Å². The van der Waals surface area contributed by atoms with Gasteiger partial charge in [0.25, 0.3) is 0 Å². The van der Waals surface area contributed by atoms with Gasteiger partial charge in [0.15, 0.2) is 0 Å². The molecule has 2 aliphatic rings. The Morgan fingerprint density at radius 1 is 1.12 bits per heavy atom. The van der Waals surface area contributed by atoms with Crippen molar-refractivity contribution in [3.05, 3.63) is 35.4 Å². The Hall–Kier alpha value is -1.88. The SMILES string of the molecule is O=C(CC1OCCc2ccccc21)NC1CCCCCCC1C(=O)O. The van der Waals surface area contributed by atoms with Crippen LogP contribution in [0.3, 0.4) is 0 Å². The number of fused-ring (bicyclic) bond motifs is 1. The quantitative estimate of drug-likeness (QED) is 0.878. The summed E-state index contributed by atoms with van der Waals surface area (Å²) in [5, 5.41) is 12.5. The van der Waals surface area contributed by atoms with Crippen molar-refractivity contribution in [2.45, 2.75) is 63.5 Å². The summed E-state index contributed by atoms with van der Waals surface area (Å²) < 4.78 is 5.81. The highest BCUT2D eigenvalue weighted by Gasteiger charge is 2.31. The van der Waals surface area contributed by atoms with Gasteiger partial charge in [-0.1, -0.05) is 49.9 Å². The van der Waals surface area contributed by atoms with Crippen LogP contribution in [0.25, 0.3) is 0 Å². The molecule has 0 radical (unpaired) electrons. The Morgan fingerprint density at radius 3 is 2.68 bits per heavy atom. The van der Waals surface area contributed by atoms with Gasteiger partial charge in [-0.3, -0.25) is 9.59 Å². The molecule has 1 saturated carbocycles. The average molecular weight is 345 g/mol. The molecule has 0 spiro atoms. The Morgan fingerprint density at radius 2 is 1.88 bits per heavy atom. The third-order valence-corrected chi connectivity index (χ3v) is 5.39. The van der Waals surface area contributed by atoms with Gasteiger partial charge in [-0.25, -0.2) is 0 Å². The molecule has 25 heavy (non-hydrogen) atoms. The molecule has 3 atom stereocenters. The van der Waals surface area contributed by atoms with Gasteiger partial charge >= 0.3 is 5.97 Å². The number of nitrogens with one attached hydrogen (secondary N) is 1. The van der Waals surface area contributed by atoms with Gasteiger partial charge in [-0.05, 0) is 30.4 Å². The maximum absolute atomic E-state index is 12.6. The predicted octanol–water partition coefficient (Wildman–Crippen LogP) is 3.23. The minimum absolute atomic E-state index is 0.112. The molecule has 0 bridgehead atoms. The van der Waals surface area contributed by atoms with Crippen molar-refractivity contribution in [2.24, 2.45) is 5.92 Å². The van der Waals surface area contributed by atoms with Gasteiger partial charge in [0.05, 0.1) is 25.0 Å². The van der Waals surface area contributed by atoms with Crippen LogP contribution in [0.4, 0.5) is 0 Å². The molecule has 1 aromatic rings. The van der Waals surface area contributed by atoms with E-state index in [0.29, 0.717) is 13.0 Å². The van der Waals surface area contributed by atoms with Crippen molar-refractivity contribution in [2.75, 3.05) is 6.61 Å².